The fourth-order valence-electron chi connectivity index (χ4n) is 14.0. The maximum atomic E-state index is 14.0. The molecule has 4 rings (SSSR count). The summed E-state index contributed by atoms with van der Waals surface area (Å²) in [5.74, 6) is -3.64. The van der Waals surface area contributed by atoms with Crippen molar-refractivity contribution in [1.82, 2.24) is 58.1 Å². The average molecular weight is 1730 g/mol. The van der Waals surface area contributed by atoms with Gasteiger partial charge in [0.25, 0.3) is 0 Å². The second kappa shape index (κ2) is 60.9. The molecule has 0 radical (unpaired) electrons. The number of aliphatic hydroxyl groups excluding tert-OH is 10. The number of unbranched alkanes of at least 4 members (excludes halogenated alkanes) is 10. The summed E-state index contributed by atoms with van der Waals surface area (Å²) in [5, 5.41) is 129. The minimum absolute atomic E-state index is 0.0757. The van der Waals surface area contributed by atoms with Gasteiger partial charge >= 0.3 is 0 Å². The molecule has 0 spiro atoms. The van der Waals surface area contributed by atoms with Crippen LogP contribution in [0.4, 0.5) is 0 Å². The van der Waals surface area contributed by atoms with E-state index < -0.39 is 141 Å². The van der Waals surface area contributed by atoms with E-state index in [1.54, 1.807) is 0 Å². The van der Waals surface area contributed by atoms with Gasteiger partial charge in [0, 0.05) is 144 Å². The van der Waals surface area contributed by atoms with E-state index in [0.29, 0.717) is 83.6 Å². The Hall–Kier alpha value is -6.59. The molecule has 0 bridgehead atoms. The van der Waals surface area contributed by atoms with E-state index in [2.05, 4.69) is 53.2 Å². The molecule has 0 aromatic carbocycles. The summed E-state index contributed by atoms with van der Waals surface area (Å²) in [7, 11) is 0. The van der Waals surface area contributed by atoms with Gasteiger partial charge in [-0.1, -0.05) is 45.4 Å². The third-order valence-corrected chi connectivity index (χ3v) is 20.7. The minimum atomic E-state index is -1.46. The van der Waals surface area contributed by atoms with Crippen LogP contribution in [0, 0.1) is 0 Å². The number of rotatable bonds is 64. The quantitative estimate of drug-likeness (QED) is 0.0256. The van der Waals surface area contributed by atoms with Crippen LogP contribution >= 0.6 is 0 Å². The van der Waals surface area contributed by atoms with Gasteiger partial charge in [-0.05, 0) is 83.5 Å². The van der Waals surface area contributed by atoms with Crippen LogP contribution in [-0.4, -0.2) is 356 Å². The Morgan fingerprint density at radius 3 is 0.942 bits per heavy atom. The predicted molar refractivity (Wildman–Crippen MR) is 427 cm³/mol. The largest absolute Gasteiger partial charge is 0.394 e. The van der Waals surface area contributed by atoms with Crippen LogP contribution in [0.1, 0.15) is 201 Å². The number of aliphatic hydroxyl groups is 10. The van der Waals surface area contributed by atoms with Gasteiger partial charge in [0.2, 0.25) is 65.0 Å². The SMILES string of the molecule is CCC1C[C@@H](O)CN1C(=O)CCCCCCCCCCC(=O)NC(COCCC(=O)NCCCNC(=O)CCCCOC1OC(CO)C(O)C(O)C1NC(C)=O)(COCCC(=O)NCCCNC(=O)CCCCOC1OC(CO)C(O)C(O)C1NC(C)=O)COCCC(=O)NCCCNC(=O)CCCCOC1OC(CO)C(O)C(O)C1NC(C)=O. The predicted octanol–water partition coefficient (Wildman–Crippen LogP) is -4.41. The molecular formula is C79H141N11O30. The number of carbonyl (C=O) groups excluding carboxylic acids is 11. The van der Waals surface area contributed by atoms with Crippen LogP contribution in [0.5, 0.6) is 0 Å². The summed E-state index contributed by atoms with van der Waals surface area (Å²) in [6, 6.07) is -3.21. The summed E-state index contributed by atoms with van der Waals surface area (Å²) in [5.41, 5.74) is -1.43. The molecule has 41 heteroatoms. The standard InChI is InChI=1S/C79H141N11O30/c1-5-54-43-55(97)44-90(54)66(105)27-13-11-9-7-6-8-10-12-26-65(104)89-79(48-112-40-28-62(101)83-34-20-31-80-59(98)23-14-17-37-115-76-67(86-51(2)94)73(109)70(106)56(45-91)118-76,49-113-41-29-63(102)84-35-21-32-81-60(99)24-15-18-38-116-77-68(87-52(3)95)74(110)71(107)57(46-92)119-77)50-114-42-30-64(103)85-36-22-33-82-61(100)25-16-19-39-117-78-69(88-53(4)96)75(111)72(108)58(47-93)120-78/h54-58,67-78,91-93,97,106-111H,5-50H2,1-4H3,(H,80,98)(H,81,99)(H,82,100)(H,83,101)(H,84,102)(H,85,103)(H,86,94)(H,87,95)(H,88,96)(H,89,104)/t54?,55-,56?,57?,58?,67?,68?,69?,70?,71?,72?,73?,74?,75?,76?,77?,78?,79?/m1/s1. The topological polar surface area (TPSA) is 597 Å². The van der Waals surface area contributed by atoms with Gasteiger partial charge in [-0.25, -0.2) is 0 Å². The van der Waals surface area contributed by atoms with Crippen LogP contribution < -0.4 is 53.2 Å². The molecule has 4 aliphatic heterocycles. The highest BCUT2D eigenvalue weighted by Crippen LogP contribution is 2.27. The molecule has 41 nitrogen and oxygen atoms in total. The molecule has 4 aliphatic rings. The number of likely N-dealkylation sites (tertiary alicyclic amines) is 1. The Morgan fingerprint density at radius 2 is 0.642 bits per heavy atom. The monoisotopic (exact) mass is 1720 g/mol. The Balaban J connectivity index is 1.30. The third-order valence-electron chi connectivity index (χ3n) is 20.7. The average Bonchev–Trinajstić information content (AvgIpc) is 0.906. The number of nitrogens with zero attached hydrogens (tertiary/aromatic N) is 1. The number of hydrogen-bond donors (Lipinski definition) is 20. The minimum Gasteiger partial charge on any atom is -0.394 e. The Morgan fingerprint density at radius 1 is 0.358 bits per heavy atom. The van der Waals surface area contributed by atoms with Crippen LogP contribution in [0.2, 0.25) is 0 Å². The lowest BCUT2D eigenvalue weighted by Crippen LogP contribution is -2.64. The van der Waals surface area contributed by atoms with Crippen LogP contribution in [-0.2, 0) is 95.4 Å². The molecule has 20 N–H and O–H groups in total. The van der Waals surface area contributed by atoms with Crippen molar-refractivity contribution in [2.24, 2.45) is 0 Å². The summed E-state index contributed by atoms with van der Waals surface area (Å²) in [6.45, 7) is 4.76. The summed E-state index contributed by atoms with van der Waals surface area (Å²) in [4.78, 5) is 141. The number of amides is 11. The van der Waals surface area contributed by atoms with Crippen molar-refractivity contribution in [1.29, 1.82) is 0 Å². The number of hydrogen-bond acceptors (Lipinski definition) is 30. The first-order valence-corrected chi connectivity index (χ1v) is 42.7. The molecule has 0 saturated carbocycles. The van der Waals surface area contributed by atoms with Crippen molar-refractivity contribution >= 4 is 65.0 Å². The number of carbonyl (C=O) groups is 11. The highest BCUT2D eigenvalue weighted by molar-refractivity contribution is 5.79. The zero-order chi connectivity index (χ0) is 88.2. The highest BCUT2D eigenvalue weighted by Gasteiger charge is 2.48. The van der Waals surface area contributed by atoms with Gasteiger partial charge in [0.1, 0.15) is 78.6 Å². The molecule has 16 unspecified atom stereocenters. The van der Waals surface area contributed by atoms with Gasteiger partial charge in [-0.2, -0.15) is 0 Å². The first-order valence-electron chi connectivity index (χ1n) is 42.7. The molecule has 0 aromatic rings. The van der Waals surface area contributed by atoms with Gasteiger partial charge in [-0.15, -0.1) is 0 Å². The zero-order valence-electron chi connectivity index (χ0n) is 70.4. The molecule has 120 heavy (non-hydrogen) atoms. The van der Waals surface area contributed by atoms with Gasteiger partial charge in [0.15, 0.2) is 18.9 Å². The summed E-state index contributed by atoms with van der Waals surface area (Å²) < 4.78 is 52.2. The first-order chi connectivity index (χ1) is 57.5. The Bertz CT molecular complexity index is 2750. The maximum Gasteiger partial charge on any atom is 0.222 e. The fourth-order valence-corrected chi connectivity index (χ4v) is 14.0. The van der Waals surface area contributed by atoms with Gasteiger partial charge < -0.3 is 152 Å². The van der Waals surface area contributed by atoms with Crippen molar-refractivity contribution in [3.63, 3.8) is 0 Å². The molecule has 17 atom stereocenters. The van der Waals surface area contributed by atoms with E-state index in [9.17, 15) is 104 Å². The number of ether oxygens (including phenoxy) is 9. The van der Waals surface area contributed by atoms with E-state index in [1.807, 2.05) is 11.8 Å². The molecule has 0 aliphatic carbocycles. The normalized spacial score (nSPS) is 25.2. The van der Waals surface area contributed by atoms with Crippen molar-refractivity contribution in [3.05, 3.63) is 0 Å². The first kappa shape index (κ1) is 106. The van der Waals surface area contributed by atoms with E-state index in [4.69, 9.17) is 42.6 Å². The van der Waals surface area contributed by atoms with Gasteiger partial charge in [-0.3, -0.25) is 52.7 Å². The molecule has 692 valence electrons. The van der Waals surface area contributed by atoms with Crippen LogP contribution in [0.3, 0.4) is 0 Å². The van der Waals surface area contributed by atoms with E-state index in [0.717, 1.165) is 51.4 Å². The second-order valence-corrected chi connectivity index (χ2v) is 31.0. The fraction of sp³-hybridized carbons (Fsp3) is 0.861. The molecule has 0 aromatic heterocycles. The molecule has 11 amide bonds. The molecular weight excluding hydrogens is 1580 g/mol. The van der Waals surface area contributed by atoms with Crippen molar-refractivity contribution in [3.8, 4) is 0 Å². The Kier molecular flexibility index (Phi) is 53.6. The third kappa shape index (κ3) is 42.2. The summed E-state index contributed by atoms with van der Waals surface area (Å²) in [6.07, 6.45) is -3.92. The lowest BCUT2D eigenvalue weighted by atomic mass is 9.97. The zero-order valence-corrected chi connectivity index (χ0v) is 70.4. The highest BCUT2D eigenvalue weighted by atomic mass is 16.7. The van der Waals surface area contributed by atoms with Crippen molar-refractivity contribution in [2.75, 3.05) is 125 Å². The van der Waals surface area contributed by atoms with Crippen LogP contribution in [0.15, 0.2) is 0 Å². The number of β-amino-alcohol motifs (C(OH)–C–C–N with tert-alkyl or cyclic N) is 1. The molecule has 4 saturated heterocycles. The molecule has 4 heterocycles. The lowest BCUT2D eigenvalue weighted by Gasteiger charge is -2.42. The molecule has 4 fully saturated rings. The smallest absolute Gasteiger partial charge is 0.222 e. The second-order valence-electron chi connectivity index (χ2n) is 31.0. The van der Waals surface area contributed by atoms with E-state index >= 15 is 0 Å². The van der Waals surface area contributed by atoms with E-state index in [-0.39, 0.29) is 197 Å². The Labute approximate surface area is 702 Å². The lowest BCUT2D eigenvalue weighted by molar-refractivity contribution is -0.270. The van der Waals surface area contributed by atoms with Crippen molar-refractivity contribution < 1.29 is 146 Å². The maximum absolute atomic E-state index is 14.0. The van der Waals surface area contributed by atoms with E-state index in [1.165, 1.54) is 20.8 Å². The van der Waals surface area contributed by atoms with Crippen molar-refractivity contribution in [2.45, 2.75) is 311 Å². The van der Waals surface area contributed by atoms with Crippen LogP contribution in [0.25, 0.3) is 0 Å². The number of nitrogens with one attached hydrogen (secondary N) is 10. The van der Waals surface area contributed by atoms with Gasteiger partial charge in [0.05, 0.1) is 65.6 Å². The summed E-state index contributed by atoms with van der Waals surface area (Å²) >= 11 is 0.